The Morgan fingerprint density at radius 3 is 2.54 bits per heavy atom. The van der Waals surface area contributed by atoms with Crippen LogP contribution in [0.15, 0.2) is 97.3 Å². The van der Waals surface area contributed by atoms with Crippen LogP contribution in [0, 0.1) is 0 Å². The molecule has 0 aliphatic heterocycles. The number of likely N-dealkylation sites (N-methyl/N-ethyl adjacent to an activating group) is 1. The molecule has 5 heteroatoms. The van der Waals surface area contributed by atoms with Crippen molar-refractivity contribution in [3.8, 4) is 0 Å². The van der Waals surface area contributed by atoms with Crippen LogP contribution in [-0.4, -0.2) is 35.3 Å². The lowest BCUT2D eigenvalue weighted by molar-refractivity contribution is -0.112. The first-order valence-corrected chi connectivity index (χ1v) is 12.4. The van der Waals surface area contributed by atoms with Crippen LogP contribution in [0.5, 0.6) is 0 Å². The number of nitrogens with zero attached hydrogens (tertiary/aromatic N) is 1. The molecule has 0 radical (unpaired) electrons. The highest BCUT2D eigenvalue weighted by molar-refractivity contribution is 6.06. The molecule has 3 aromatic rings. The Morgan fingerprint density at radius 1 is 1.14 bits per heavy atom. The maximum atomic E-state index is 12.8. The van der Waals surface area contributed by atoms with E-state index in [9.17, 15) is 9.90 Å². The van der Waals surface area contributed by atoms with E-state index in [1.807, 2.05) is 107 Å². The predicted octanol–water partition coefficient (Wildman–Crippen LogP) is 6.24. The van der Waals surface area contributed by atoms with Gasteiger partial charge in [-0.2, -0.15) is 0 Å². The molecule has 1 aromatic heterocycles. The minimum absolute atomic E-state index is 0.146. The summed E-state index contributed by atoms with van der Waals surface area (Å²) in [5.74, 6) is -0.146. The largest absolute Gasteiger partial charge is 0.389 e. The lowest BCUT2D eigenvalue weighted by Gasteiger charge is -2.26. The maximum Gasteiger partial charge on any atom is 0.255 e. The summed E-state index contributed by atoms with van der Waals surface area (Å²) in [6.07, 6.45) is 10.3. The van der Waals surface area contributed by atoms with Gasteiger partial charge in [0.25, 0.3) is 5.91 Å². The van der Waals surface area contributed by atoms with E-state index in [-0.39, 0.29) is 11.9 Å². The first-order valence-electron chi connectivity index (χ1n) is 12.4. The molecule has 0 aliphatic rings. The zero-order valence-electron chi connectivity index (χ0n) is 21.4. The van der Waals surface area contributed by atoms with Gasteiger partial charge in [-0.15, -0.1) is 6.58 Å². The number of nitrogens with one attached hydrogen (secondary N) is 2. The second kappa shape index (κ2) is 14.8. The second-order valence-electron chi connectivity index (χ2n) is 7.93. The van der Waals surface area contributed by atoms with Gasteiger partial charge in [-0.25, -0.2) is 0 Å². The lowest BCUT2D eigenvalue weighted by Crippen LogP contribution is -2.33. The van der Waals surface area contributed by atoms with Crippen LogP contribution in [0.4, 0.5) is 5.69 Å². The number of aliphatic hydroxyl groups is 1. The molecule has 2 atom stereocenters. The first kappa shape index (κ1) is 27.8. The van der Waals surface area contributed by atoms with Gasteiger partial charge in [0.1, 0.15) is 0 Å². The molecule has 5 nitrogen and oxygen atoms in total. The van der Waals surface area contributed by atoms with Gasteiger partial charge in [-0.05, 0) is 49.7 Å². The zero-order chi connectivity index (χ0) is 25.6. The Morgan fingerprint density at radius 2 is 1.89 bits per heavy atom. The molecular formula is C30H39N3O2. The number of hydrogen-bond acceptors (Lipinski definition) is 3. The van der Waals surface area contributed by atoms with Crippen molar-refractivity contribution in [2.45, 2.75) is 45.8 Å². The van der Waals surface area contributed by atoms with Gasteiger partial charge in [-0.1, -0.05) is 75.4 Å². The minimum Gasteiger partial charge on any atom is -0.389 e. The lowest BCUT2D eigenvalue weighted by atomic mass is 10.0. The molecule has 1 heterocycles. The van der Waals surface area contributed by atoms with E-state index in [1.54, 1.807) is 6.08 Å². The quantitative estimate of drug-likeness (QED) is 0.175. The van der Waals surface area contributed by atoms with Crippen molar-refractivity contribution < 1.29 is 9.90 Å². The third kappa shape index (κ3) is 7.54. The molecule has 0 saturated heterocycles. The molecule has 186 valence electrons. The number of amides is 1. The number of carbonyl (C=O) groups excluding carboxylic acids is 1. The van der Waals surface area contributed by atoms with E-state index in [2.05, 4.69) is 21.8 Å². The Kier molecular flexibility index (Phi) is 11.7. The standard InChI is InChI=1S/C28H33N3O2.C2H6/c1-4-6-11-22(12-7-5-2)28(33)30-24-15-16-25-23(19-24)17-18-31(25)27(26(32)20-29-3)21-13-9-8-10-14-21;1-2/h4,7-19,26-27,29,32H,1,5-6,20H2,2-3H3,(H,30,33);1-2H3/b12-7-,22-11+;. The van der Waals surface area contributed by atoms with Crippen molar-refractivity contribution >= 4 is 22.5 Å². The van der Waals surface area contributed by atoms with E-state index >= 15 is 0 Å². The highest BCUT2D eigenvalue weighted by atomic mass is 16.3. The average molecular weight is 474 g/mol. The molecule has 0 bridgehead atoms. The third-order valence-electron chi connectivity index (χ3n) is 5.50. The summed E-state index contributed by atoms with van der Waals surface area (Å²) in [5, 5.41) is 18.0. The average Bonchev–Trinajstić information content (AvgIpc) is 3.29. The molecule has 3 N–H and O–H groups in total. The van der Waals surface area contributed by atoms with Crippen molar-refractivity contribution in [2.75, 3.05) is 18.9 Å². The number of anilines is 1. The topological polar surface area (TPSA) is 66.3 Å². The summed E-state index contributed by atoms with van der Waals surface area (Å²) < 4.78 is 2.09. The SMILES string of the molecule is C=CC/C=C(\C=C/CC)C(=O)Nc1ccc2c(ccn2C(c2ccccc2)C(O)CNC)c1.CC. The molecule has 35 heavy (non-hydrogen) atoms. The maximum absolute atomic E-state index is 12.8. The van der Waals surface area contributed by atoms with Gasteiger partial charge in [0.2, 0.25) is 0 Å². The fourth-order valence-corrected chi connectivity index (χ4v) is 3.92. The molecule has 1 amide bonds. The van der Waals surface area contributed by atoms with E-state index in [4.69, 9.17) is 0 Å². The highest BCUT2D eigenvalue weighted by Crippen LogP contribution is 2.29. The molecule has 0 fully saturated rings. The molecule has 2 aromatic carbocycles. The third-order valence-corrected chi connectivity index (χ3v) is 5.50. The number of fused-ring (bicyclic) bond motifs is 1. The van der Waals surface area contributed by atoms with Crippen LogP contribution in [0.1, 0.15) is 45.2 Å². The Hall–Kier alpha value is -3.41. The first-order chi connectivity index (χ1) is 17.1. The second-order valence-corrected chi connectivity index (χ2v) is 7.93. The van der Waals surface area contributed by atoms with E-state index in [1.165, 1.54) is 0 Å². The van der Waals surface area contributed by atoms with Crippen LogP contribution < -0.4 is 10.6 Å². The zero-order valence-corrected chi connectivity index (χ0v) is 21.4. The van der Waals surface area contributed by atoms with Crippen molar-refractivity contribution in [3.63, 3.8) is 0 Å². The van der Waals surface area contributed by atoms with Gasteiger partial charge < -0.3 is 20.3 Å². The molecule has 0 aliphatic carbocycles. The summed E-state index contributed by atoms with van der Waals surface area (Å²) in [7, 11) is 1.83. The summed E-state index contributed by atoms with van der Waals surface area (Å²) in [4.78, 5) is 12.8. The van der Waals surface area contributed by atoms with Gasteiger partial charge in [0.15, 0.2) is 0 Å². The van der Waals surface area contributed by atoms with Crippen molar-refractivity contribution in [2.24, 2.45) is 0 Å². The van der Waals surface area contributed by atoms with Gasteiger partial charge in [-0.3, -0.25) is 4.79 Å². The summed E-state index contributed by atoms with van der Waals surface area (Å²) in [6, 6.07) is 17.6. The van der Waals surface area contributed by atoms with Crippen LogP contribution in [0.2, 0.25) is 0 Å². The molecule has 0 spiro atoms. The number of rotatable bonds is 11. The van der Waals surface area contributed by atoms with Crippen LogP contribution in [0.3, 0.4) is 0 Å². The Bertz CT molecular complexity index is 1130. The van der Waals surface area contributed by atoms with Crippen molar-refractivity contribution in [3.05, 3.63) is 103 Å². The number of hydrogen-bond donors (Lipinski definition) is 3. The molecule has 2 unspecified atom stereocenters. The van der Waals surface area contributed by atoms with Crippen LogP contribution in [-0.2, 0) is 4.79 Å². The van der Waals surface area contributed by atoms with Gasteiger partial charge >= 0.3 is 0 Å². The molecule has 0 saturated carbocycles. The summed E-state index contributed by atoms with van der Waals surface area (Å²) in [5.41, 5.74) is 3.38. The van der Waals surface area contributed by atoms with E-state index in [0.717, 1.165) is 28.6 Å². The summed E-state index contributed by atoms with van der Waals surface area (Å²) in [6.45, 7) is 10.2. The molecular weight excluding hydrogens is 434 g/mol. The number of benzene rings is 2. The Labute approximate surface area is 209 Å². The van der Waals surface area contributed by atoms with Crippen LogP contribution in [0.25, 0.3) is 10.9 Å². The van der Waals surface area contributed by atoms with E-state index in [0.29, 0.717) is 18.5 Å². The van der Waals surface area contributed by atoms with Crippen molar-refractivity contribution in [1.82, 2.24) is 9.88 Å². The normalized spacial score (nSPS) is 13.2. The number of carbonyl (C=O) groups is 1. The number of aliphatic hydroxyl groups excluding tert-OH is 1. The van der Waals surface area contributed by atoms with Crippen LogP contribution >= 0.6 is 0 Å². The fraction of sp³-hybridized carbons (Fsp3) is 0.300. The smallest absolute Gasteiger partial charge is 0.255 e. The minimum atomic E-state index is -0.602. The Balaban J connectivity index is 0.00000210. The number of aromatic nitrogens is 1. The monoisotopic (exact) mass is 473 g/mol. The summed E-state index contributed by atoms with van der Waals surface area (Å²) >= 11 is 0. The fourth-order valence-electron chi connectivity index (χ4n) is 3.92. The van der Waals surface area contributed by atoms with Crippen molar-refractivity contribution in [1.29, 1.82) is 0 Å². The molecule has 3 rings (SSSR count). The van der Waals surface area contributed by atoms with E-state index < -0.39 is 6.10 Å². The van der Waals surface area contributed by atoms with Gasteiger partial charge in [0.05, 0.1) is 12.1 Å². The highest BCUT2D eigenvalue weighted by Gasteiger charge is 2.23. The van der Waals surface area contributed by atoms with Gasteiger partial charge in [0, 0.05) is 34.9 Å². The predicted molar refractivity (Wildman–Crippen MR) is 149 cm³/mol. The number of allylic oxidation sites excluding steroid dienone is 3.